The first-order chi connectivity index (χ1) is 19.4. The van der Waals surface area contributed by atoms with Crippen molar-refractivity contribution in [3.8, 4) is 16.9 Å². The number of likely N-dealkylation sites (tertiary alicyclic amines) is 1. The highest BCUT2D eigenvalue weighted by molar-refractivity contribution is 5.91. The van der Waals surface area contributed by atoms with Gasteiger partial charge in [0.15, 0.2) is 0 Å². The molecule has 2 N–H and O–H groups in total. The summed E-state index contributed by atoms with van der Waals surface area (Å²) in [5.41, 5.74) is 4.06. The fourth-order valence-corrected chi connectivity index (χ4v) is 5.31. The highest BCUT2D eigenvalue weighted by Crippen LogP contribution is 2.31. The van der Waals surface area contributed by atoms with Gasteiger partial charge in [-0.1, -0.05) is 18.2 Å². The lowest BCUT2D eigenvalue weighted by Gasteiger charge is -2.21. The SMILES string of the molecule is Cc1c(-c2cnn(C)c2)nn(-c2ccccc2)c1NC(=O)N[C@@H]1CN(CCOC2CC2)C[C@H]1c1ccnc(F)c1. The van der Waals surface area contributed by atoms with Crippen molar-refractivity contribution in [2.75, 3.05) is 31.6 Å². The lowest BCUT2D eigenvalue weighted by Crippen LogP contribution is -2.42. The van der Waals surface area contributed by atoms with Crippen LogP contribution in [-0.2, 0) is 11.8 Å². The van der Waals surface area contributed by atoms with Crippen LogP contribution < -0.4 is 10.6 Å². The maximum Gasteiger partial charge on any atom is 0.320 e. The number of anilines is 1. The Bertz CT molecular complexity index is 1480. The van der Waals surface area contributed by atoms with Gasteiger partial charge in [-0.05, 0) is 49.6 Å². The van der Waals surface area contributed by atoms with Crippen LogP contribution >= 0.6 is 0 Å². The summed E-state index contributed by atoms with van der Waals surface area (Å²) >= 11 is 0. The molecule has 2 amide bonds. The molecule has 0 spiro atoms. The van der Waals surface area contributed by atoms with Gasteiger partial charge >= 0.3 is 6.03 Å². The molecule has 208 valence electrons. The number of nitrogens with zero attached hydrogens (tertiary/aromatic N) is 6. The minimum atomic E-state index is -0.526. The molecule has 1 saturated heterocycles. The number of para-hydroxylation sites is 1. The number of pyridine rings is 1. The molecule has 2 fully saturated rings. The molecule has 0 unspecified atom stereocenters. The summed E-state index contributed by atoms with van der Waals surface area (Å²) < 4.78 is 23.3. The molecule has 4 heterocycles. The van der Waals surface area contributed by atoms with Crippen molar-refractivity contribution in [3.63, 3.8) is 0 Å². The van der Waals surface area contributed by atoms with Crippen molar-refractivity contribution in [1.82, 2.24) is 34.8 Å². The molecule has 1 aliphatic heterocycles. The van der Waals surface area contributed by atoms with Gasteiger partial charge in [-0.15, -0.1) is 0 Å². The monoisotopic (exact) mass is 544 g/mol. The van der Waals surface area contributed by atoms with Crippen LogP contribution in [0.4, 0.5) is 15.0 Å². The van der Waals surface area contributed by atoms with Gasteiger partial charge in [0.1, 0.15) is 11.5 Å². The normalized spacial score (nSPS) is 19.2. The molecule has 0 bridgehead atoms. The number of ether oxygens (including phenoxy) is 1. The summed E-state index contributed by atoms with van der Waals surface area (Å²) in [7, 11) is 1.85. The van der Waals surface area contributed by atoms with Crippen molar-refractivity contribution in [2.24, 2.45) is 7.05 Å². The number of amides is 2. The topological polar surface area (TPSA) is 102 Å². The quantitative estimate of drug-likeness (QED) is 0.310. The predicted molar refractivity (Wildman–Crippen MR) is 149 cm³/mol. The first kappa shape index (κ1) is 26.1. The Balaban J connectivity index is 1.23. The van der Waals surface area contributed by atoms with Crippen LogP contribution in [-0.4, -0.2) is 73.9 Å². The van der Waals surface area contributed by atoms with Crippen molar-refractivity contribution >= 4 is 11.8 Å². The number of urea groups is 1. The molecule has 1 aliphatic carbocycles. The second kappa shape index (κ2) is 11.2. The van der Waals surface area contributed by atoms with Gasteiger partial charge in [0.2, 0.25) is 5.95 Å². The number of aromatic nitrogens is 5. The summed E-state index contributed by atoms with van der Waals surface area (Å²) in [6, 6.07) is 12.4. The molecule has 0 radical (unpaired) electrons. The van der Waals surface area contributed by atoms with Crippen LogP contribution in [0.5, 0.6) is 0 Å². The lowest BCUT2D eigenvalue weighted by atomic mass is 9.95. The van der Waals surface area contributed by atoms with E-state index in [2.05, 4.69) is 25.6 Å². The standard InChI is InChI=1S/C29H33FN8O2/c1-19-27(21-15-32-36(2)16-21)35-38(22-6-4-3-5-7-22)28(19)34-29(39)33-25-18-37(12-13-40-23-8-9-23)17-24(25)20-10-11-31-26(30)14-20/h3-7,10-11,14-16,23-25H,8-9,12-13,17-18H2,1-2H3,(H2,33,34,39)/t24-,25+/m0/s1. The molecule has 40 heavy (non-hydrogen) atoms. The zero-order valence-electron chi connectivity index (χ0n) is 22.6. The zero-order valence-corrected chi connectivity index (χ0v) is 22.6. The van der Waals surface area contributed by atoms with Crippen molar-refractivity contribution in [3.05, 3.63) is 78.1 Å². The summed E-state index contributed by atoms with van der Waals surface area (Å²) in [5, 5.41) is 15.3. The van der Waals surface area contributed by atoms with E-state index in [0.29, 0.717) is 31.6 Å². The fraction of sp³-hybridized carbons (Fsp3) is 0.379. The van der Waals surface area contributed by atoms with Crippen molar-refractivity contribution in [1.29, 1.82) is 0 Å². The van der Waals surface area contributed by atoms with E-state index in [4.69, 9.17) is 9.84 Å². The van der Waals surface area contributed by atoms with Gasteiger partial charge in [-0.3, -0.25) is 14.9 Å². The number of halogens is 1. The number of carbonyl (C=O) groups excluding carboxylic acids is 1. The minimum absolute atomic E-state index is 0.0877. The molecule has 10 nitrogen and oxygen atoms in total. The second-order valence-electron chi connectivity index (χ2n) is 10.5. The summed E-state index contributed by atoms with van der Waals surface area (Å²) in [6.07, 6.45) is 7.78. The smallest absolute Gasteiger partial charge is 0.320 e. The number of hydrogen-bond donors (Lipinski definition) is 2. The minimum Gasteiger partial charge on any atom is -0.377 e. The molecule has 3 aromatic heterocycles. The van der Waals surface area contributed by atoms with E-state index >= 15 is 0 Å². The van der Waals surface area contributed by atoms with Crippen molar-refractivity contribution in [2.45, 2.75) is 37.8 Å². The summed E-state index contributed by atoms with van der Waals surface area (Å²) in [4.78, 5) is 19.5. The first-order valence-electron chi connectivity index (χ1n) is 13.6. The van der Waals surface area contributed by atoms with Gasteiger partial charge in [0.05, 0.1) is 30.6 Å². The van der Waals surface area contributed by atoms with Crippen LogP contribution in [0.15, 0.2) is 61.1 Å². The average molecular weight is 545 g/mol. The number of benzene rings is 1. The van der Waals surface area contributed by atoms with Gasteiger partial charge in [-0.25, -0.2) is 14.5 Å². The van der Waals surface area contributed by atoms with Gasteiger partial charge in [0.25, 0.3) is 0 Å². The molecular weight excluding hydrogens is 511 g/mol. The number of carbonyl (C=O) groups is 1. The second-order valence-corrected chi connectivity index (χ2v) is 10.5. The molecule has 1 aromatic carbocycles. The van der Waals surface area contributed by atoms with E-state index in [-0.39, 0.29) is 18.0 Å². The maximum atomic E-state index is 14.0. The van der Waals surface area contributed by atoms with Gasteiger partial charge < -0.3 is 10.1 Å². The predicted octanol–water partition coefficient (Wildman–Crippen LogP) is 3.88. The Morgan fingerprint density at radius 1 is 1.18 bits per heavy atom. The van der Waals surface area contributed by atoms with Crippen LogP contribution in [0.3, 0.4) is 0 Å². The van der Waals surface area contributed by atoms with E-state index < -0.39 is 5.95 Å². The number of nitrogens with one attached hydrogen (secondary N) is 2. The molecule has 4 aromatic rings. The van der Waals surface area contributed by atoms with E-state index in [1.165, 1.54) is 12.3 Å². The Morgan fingerprint density at radius 2 is 2.00 bits per heavy atom. The zero-order chi connectivity index (χ0) is 27.6. The Labute approximate surface area is 232 Å². The first-order valence-corrected chi connectivity index (χ1v) is 13.6. The number of aryl methyl sites for hydroxylation is 1. The average Bonchev–Trinajstić information content (AvgIpc) is 3.39. The molecule has 11 heteroatoms. The number of rotatable bonds is 9. The molecule has 6 rings (SSSR count). The van der Waals surface area contributed by atoms with Crippen LogP contribution in [0.1, 0.15) is 29.9 Å². The van der Waals surface area contributed by atoms with Crippen LogP contribution in [0.2, 0.25) is 0 Å². The Hall–Kier alpha value is -4.09. The largest absolute Gasteiger partial charge is 0.377 e. The van der Waals surface area contributed by atoms with E-state index in [1.54, 1.807) is 15.6 Å². The Morgan fingerprint density at radius 3 is 2.73 bits per heavy atom. The third kappa shape index (κ3) is 5.75. The molecule has 1 saturated carbocycles. The highest BCUT2D eigenvalue weighted by Gasteiger charge is 2.35. The van der Waals surface area contributed by atoms with Crippen molar-refractivity contribution < 1.29 is 13.9 Å². The van der Waals surface area contributed by atoms with Crippen LogP contribution in [0.25, 0.3) is 16.9 Å². The van der Waals surface area contributed by atoms with E-state index in [9.17, 15) is 9.18 Å². The van der Waals surface area contributed by atoms with E-state index in [1.807, 2.05) is 56.6 Å². The van der Waals surface area contributed by atoms with Crippen LogP contribution in [0, 0.1) is 12.9 Å². The third-order valence-corrected chi connectivity index (χ3v) is 7.51. The lowest BCUT2D eigenvalue weighted by molar-refractivity contribution is 0.0976. The highest BCUT2D eigenvalue weighted by atomic mass is 19.1. The molecular formula is C29H33FN8O2. The Kier molecular flexibility index (Phi) is 7.31. The third-order valence-electron chi connectivity index (χ3n) is 7.51. The fourth-order valence-electron chi connectivity index (χ4n) is 5.31. The van der Waals surface area contributed by atoms with Gasteiger partial charge in [0, 0.05) is 56.1 Å². The summed E-state index contributed by atoms with van der Waals surface area (Å²) in [5.74, 6) is -0.0430. The maximum absolute atomic E-state index is 14.0. The summed E-state index contributed by atoms with van der Waals surface area (Å²) in [6.45, 7) is 4.66. The van der Waals surface area contributed by atoms with E-state index in [0.717, 1.165) is 47.5 Å². The number of hydrogen-bond acceptors (Lipinski definition) is 6. The molecule has 2 aliphatic rings. The molecule has 2 atom stereocenters. The van der Waals surface area contributed by atoms with Gasteiger partial charge in [-0.2, -0.15) is 14.6 Å².